The number of nitrogens with zero attached hydrogens (tertiary/aromatic N) is 2. The number of hydrogen-bond acceptors (Lipinski definition) is 4. The lowest BCUT2D eigenvalue weighted by Gasteiger charge is -2.18. The van der Waals surface area contributed by atoms with Crippen molar-refractivity contribution in [3.05, 3.63) is 42.2 Å². The van der Waals surface area contributed by atoms with Gasteiger partial charge in [0, 0.05) is 31.2 Å². The normalized spacial score (nSPS) is 14.5. The molecule has 3 rings (SSSR count). The largest absolute Gasteiger partial charge is 0.385 e. The van der Waals surface area contributed by atoms with Gasteiger partial charge in [-0.15, -0.1) is 0 Å². The van der Waals surface area contributed by atoms with Crippen molar-refractivity contribution in [3.63, 3.8) is 0 Å². The molecule has 2 aromatic rings. The summed E-state index contributed by atoms with van der Waals surface area (Å²) in [7, 11) is -3.48. The van der Waals surface area contributed by atoms with E-state index in [1.807, 2.05) is 12.1 Å². The smallest absolute Gasteiger partial charge is 0.240 e. The topological polar surface area (TPSA) is 76.0 Å². The average molecular weight is 306 g/mol. The summed E-state index contributed by atoms with van der Waals surface area (Å²) in [4.78, 5) is 0.302. The lowest BCUT2D eigenvalue weighted by molar-refractivity contribution is 0.561. The molecule has 6 nitrogen and oxygen atoms in total. The van der Waals surface area contributed by atoms with Crippen molar-refractivity contribution in [2.45, 2.75) is 24.3 Å². The van der Waals surface area contributed by atoms with Gasteiger partial charge in [0.25, 0.3) is 0 Å². The van der Waals surface area contributed by atoms with E-state index in [0.717, 1.165) is 25.1 Å². The number of anilines is 1. The first-order valence-corrected chi connectivity index (χ1v) is 8.47. The first-order valence-electron chi connectivity index (χ1n) is 6.99. The molecule has 7 heteroatoms. The zero-order valence-electron chi connectivity index (χ0n) is 11.6. The summed E-state index contributed by atoms with van der Waals surface area (Å²) in [5.74, 6) is 0. The van der Waals surface area contributed by atoms with Crippen molar-refractivity contribution in [1.29, 1.82) is 0 Å². The van der Waals surface area contributed by atoms with Crippen LogP contribution in [0.15, 0.2) is 41.6 Å². The summed E-state index contributed by atoms with van der Waals surface area (Å²) < 4.78 is 28.9. The van der Waals surface area contributed by atoms with E-state index < -0.39 is 10.0 Å². The number of aryl methyl sites for hydroxylation is 1. The van der Waals surface area contributed by atoms with E-state index in [1.54, 1.807) is 29.2 Å². The van der Waals surface area contributed by atoms with Crippen LogP contribution in [0.5, 0.6) is 0 Å². The molecule has 2 N–H and O–H groups in total. The van der Waals surface area contributed by atoms with Crippen molar-refractivity contribution in [3.8, 4) is 0 Å². The van der Waals surface area contributed by atoms with Crippen LogP contribution >= 0.6 is 0 Å². The van der Waals surface area contributed by atoms with E-state index in [2.05, 4.69) is 15.1 Å². The Kier molecular flexibility index (Phi) is 3.94. The van der Waals surface area contributed by atoms with E-state index in [0.29, 0.717) is 18.0 Å². The van der Waals surface area contributed by atoms with Crippen LogP contribution in [0.4, 0.5) is 5.69 Å². The third-order valence-electron chi connectivity index (χ3n) is 3.52. The van der Waals surface area contributed by atoms with E-state index in [-0.39, 0.29) is 0 Å². The summed E-state index contributed by atoms with van der Waals surface area (Å²) in [5.41, 5.74) is 2.10. The van der Waals surface area contributed by atoms with Crippen LogP contribution < -0.4 is 10.0 Å². The van der Waals surface area contributed by atoms with Gasteiger partial charge in [0.1, 0.15) is 0 Å². The molecule has 0 aliphatic carbocycles. The monoisotopic (exact) mass is 306 g/mol. The number of rotatable bonds is 5. The van der Waals surface area contributed by atoms with Gasteiger partial charge in [0.05, 0.1) is 11.4 Å². The Bertz CT molecular complexity index is 711. The minimum atomic E-state index is -3.48. The van der Waals surface area contributed by atoms with Gasteiger partial charge in [-0.05, 0) is 36.6 Å². The van der Waals surface area contributed by atoms with Crippen molar-refractivity contribution in [2.24, 2.45) is 0 Å². The van der Waals surface area contributed by atoms with Gasteiger partial charge >= 0.3 is 0 Å². The molecule has 1 aromatic heterocycles. The summed E-state index contributed by atoms with van der Waals surface area (Å²) in [5, 5.41) is 7.29. The van der Waals surface area contributed by atoms with Gasteiger partial charge in [0.15, 0.2) is 0 Å². The maximum atomic E-state index is 12.3. The first kappa shape index (κ1) is 14.1. The Morgan fingerprint density at radius 2 is 2.29 bits per heavy atom. The Morgan fingerprint density at radius 1 is 1.38 bits per heavy atom. The quantitative estimate of drug-likeness (QED) is 0.871. The standard InChI is InChI=1S/C14H18N4O2S/c19-21(20,17-8-10-18-9-2-7-16-18)13-5-4-12-3-1-6-15-14(12)11-13/h2,4-5,7,9,11,15,17H,1,3,6,8,10H2. The predicted molar refractivity (Wildman–Crippen MR) is 80.7 cm³/mol. The van der Waals surface area contributed by atoms with Gasteiger partial charge in [-0.3, -0.25) is 4.68 Å². The minimum Gasteiger partial charge on any atom is -0.385 e. The molecule has 0 radical (unpaired) electrons. The van der Waals surface area contributed by atoms with Crippen LogP contribution in [0.25, 0.3) is 0 Å². The van der Waals surface area contributed by atoms with Gasteiger partial charge in [-0.2, -0.15) is 5.10 Å². The summed E-state index contributed by atoms with van der Waals surface area (Å²) in [6, 6.07) is 7.08. The minimum absolute atomic E-state index is 0.302. The van der Waals surface area contributed by atoms with Crippen LogP contribution in [0, 0.1) is 0 Å². The van der Waals surface area contributed by atoms with Gasteiger partial charge in [-0.1, -0.05) is 6.07 Å². The highest BCUT2D eigenvalue weighted by Crippen LogP contribution is 2.24. The van der Waals surface area contributed by atoms with Crippen molar-refractivity contribution in [1.82, 2.24) is 14.5 Å². The highest BCUT2D eigenvalue weighted by Gasteiger charge is 2.17. The van der Waals surface area contributed by atoms with E-state index >= 15 is 0 Å². The zero-order valence-corrected chi connectivity index (χ0v) is 12.4. The summed E-state index contributed by atoms with van der Waals surface area (Å²) in [6.45, 7) is 1.72. The number of nitrogens with one attached hydrogen (secondary N) is 2. The molecule has 1 aliphatic rings. The number of sulfonamides is 1. The van der Waals surface area contributed by atoms with Crippen molar-refractivity contribution in [2.75, 3.05) is 18.4 Å². The summed E-state index contributed by atoms with van der Waals surface area (Å²) >= 11 is 0. The fraction of sp³-hybridized carbons (Fsp3) is 0.357. The third kappa shape index (κ3) is 3.25. The maximum absolute atomic E-state index is 12.3. The van der Waals surface area contributed by atoms with Crippen LogP contribution in [0.1, 0.15) is 12.0 Å². The van der Waals surface area contributed by atoms with E-state index in [4.69, 9.17) is 0 Å². The number of fused-ring (bicyclic) bond motifs is 1. The fourth-order valence-electron chi connectivity index (χ4n) is 2.42. The lowest BCUT2D eigenvalue weighted by atomic mass is 10.0. The Morgan fingerprint density at radius 3 is 3.10 bits per heavy atom. The number of hydrogen-bond donors (Lipinski definition) is 2. The molecule has 112 valence electrons. The van der Waals surface area contributed by atoms with Gasteiger partial charge < -0.3 is 5.32 Å². The summed E-state index contributed by atoms with van der Waals surface area (Å²) in [6.07, 6.45) is 5.55. The van der Waals surface area contributed by atoms with Crippen molar-refractivity contribution < 1.29 is 8.42 Å². The average Bonchev–Trinajstić information content (AvgIpc) is 3.00. The van der Waals surface area contributed by atoms with Gasteiger partial charge in [0.2, 0.25) is 10.0 Å². The van der Waals surface area contributed by atoms with Gasteiger partial charge in [-0.25, -0.2) is 13.1 Å². The Balaban J connectivity index is 1.69. The SMILES string of the molecule is O=S(=O)(NCCn1cccn1)c1ccc2c(c1)NCCC2. The molecule has 0 saturated carbocycles. The fourth-order valence-corrected chi connectivity index (χ4v) is 3.46. The first-order chi connectivity index (χ1) is 10.1. The lowest BCUT2D eigenvalue weighted by Crippen LogP contribution is -2.27. The maximum Gasteiger partial charge on any atom is 0.240 e. The predicted octanol–water partition coefficient (Wildman–Crippen LogP) is 1.22. The molecule has 0 fully saturated rings. The molecule has 1 aromatic carbocycles. The molecule has 0 atom stereocenters. The molecule has 0 bridgehead atoms. The molecule has 21 heavy (non-hydrogen) atoms. The van der Waals surface area contributed by atoms with Crippen LogP contribution in [-0.2, 0) is 23.0 Å². The second kappa shape index (κ2) is 5.87. The molecule has 1 aliphatic heterocycles. The Labute approximate surface area is 124 Å². The zero-order chi connectivity index (χ0) is 14.7. The highest BCUT2D eigenvalue weighted by atomic mass is 32.2. The molecule has 0 unspecified atom stereocenters. The molecular formula is C14H18N4O2S. The second-order valence-electron chi connectivity index (χ2n) is 5.02. The van der Waals surface area contributed by atoms with Crippen molar-refractivity contribution >= 4 is 15.7 Å². The van der Waals surface area contributed by atoms with Crippen LogP contribution in [-0.4, -0.2) is 31.3 Å². The second-order valence-corrected chi connectivity index (χ2v) is 6.78. The molecule has 0 spiro atoms. The van der Waals surface area contributed by atoms with E-state index in [1.165, 1.54) is 5.56 Å². The molecule has 0 amide bonds. The van der Waals surface area contributed by atoms with E-state index in [9.17, 15) is 8.42 Å². The number of aromatic nitrogens is 2. The molecular weight excluding hydrogens is 288 g/mol. The molecule has 0 saturated heterocycles. The van der Waals surface area contributed by atoms with Crippen LogP contribution in [0.3, 0.4) is 0 Å². The highest BCUT2D eigenvalue weighted by molar-refractivity contribution is 7.89. The van der Waals surface area contributed by atoms with Crippen LogP contribution in [0.2, 0.25) is 0 Å². The number of benzene rings is 1. The molecule has 2 heterocycles. The third-order valence-corrected chi connectivity index (χ3v) is 4.98. The Hall–Kier alpha value is -1.86.